The summed E-state index contributed by atoms with van der Waals surface area (Å²) in [6.07, 6.45) is 3.58. The number of rotatable bonds is 4. The zero-order chi connectivity index (χ0) is 20.4. The number of nitrogens with one attached hydrogen (secondary N) is 1. The van der Waals surface area contributed by atoms with E-state index in [4.69, 9.17) is 0 Å². The lowest BCUT2D eigenvalue weighted by Gasteiger charge is -2.32. The predicted molar refractivity (Wildman–Crippen MR) is 111 cm³/mol. The van der Waals surface area contributed by atoms with Gasteiger partial charge in [0.05, 0.1) is 6.04 Å². The molecule has 0 aliphatic carbocycles. The van der Waals surface area contributed by atoms with E-state index in [1.165, 1.54) is 0 Å². The Kier molecular flexibility index (Phi) is 5.31. The number of carbonyl (C=O) groups is 2. The first-order valence-electron chi connectivity index (χ1n) is 9.83. The molecule has 1 N–H and O–H groups in total. The van der Waals surface area contributed by atoms with Crippen LogP contribution in [0.1, 0.15) is 39.4 Å². The van der Waals surface area contributed by atoms with Crippen LogP contribution in [0.5, 0.6) is 0 Å². The molecule has 2 amide bonds. The van der Waals surface area contributed by atoms with Gasteiger partial charge in [-0.1, -0.05) is 18.2 Å². The van der Waals surface area contributed by atoms with Crippen molar-refractivity contribution >= 4 is 17.5 Å². The van der Waals surface area contributed by atoms with Crippen LogP contribution >= 0.6 is 0 Å². The maximum absolute atomic E-state index is 12.7. The third-order valence-electron chi connectivity index (χ3n) is 5.39. The smallest absolute Gasteiger partial charge is 0.271 e. The van der Waals surface area contributed by atoms with E-state index in [1.807, 2.05) is 64.9 Å². The van der Waals surface area contributed by atoms with Crippen molar-refractivity contribution in [2.75, 3.05) is 33.2 Å². The maximum Gasteiger partial charge on any atom is 0.271 e. The van der Waals surface area contributed by atoms with E-state index in [0.29, 0.717) is 11.3 Å². The molecule has 1 atom stereocenters. The molecule has 0 bridgehead atoms. The fourth-order valence-electron chi connectivity index (χ4n) is 3.50. The topological polar surface area (TPSA) is 70.0 Å². The number of imidazole rings is 1. The van der Waals surface area contributed by atoms with Crippen LogP contribution in [-0.4, -0.2) is 64.2 Å². The average Bonchev–Trinajstić information content (AvgIpc) is 3.18. The highest BCUT2D eigenvalue weighted by Gasteiger charge is 2.21. The van der Waals surface area contributed by atoms with Crippen LogP contribution in [0.15, 0.2) is 54.9 Å². The molecule has 29 heavy (non-hydrogen) atoms. The van der Waals surface area contributed by atoms with Gasteiger partial charge in [-0.25, -0.2) is 4.98 Å². The lowest BCUT2D eigenvalue weighted by atomic mass is 10.0. The summed E-state index contributed by atoms with van der Waals surface area (Å²) in [7, 11) is 2.07. The third kappa shape index (κ3) is 4.14. The molecule has 1 saturated heterocycles. The Hall–Kier alpha value is -3.19. The third-order valence-corrected chi connectivity index (χ3v) is 5.39. The van der Waals surface area contributed by atoms with E-state index in [1.54, 1.807) is 6.20 Å². The van der Waals surface area contributed by atoms with Gasteiger partial charge >= 0.3 is 0 Å². The van der Waals surface area contributed by atoms with Crippen LogP contribution in [0.25, 0.3) is 5.65 Å². The van der Waals surface area contributed by atoms with Gasteiger partial charge < -0.3 is 19.5 Å². The number of piperazine rings is 1. The first kappa shape index (κ1) is 19.1. The van der Waals surface area contributed by atoms with Crippen molar-refractivity contribution in [1.82, 2.24) is 24.5 Å². The summed E-state index contributed by atoms with van der Waals surface area (Å²) in [5.41, 5.74) is 2.73. The number of carbonyl (C=O) groups excluding carboxylic acids is 2. The van der Waals surface area contributed by atoms with Gasteiger partial charge in [-0.3, -0.25) is 9.59 Å². The quantitative estimate of drug-likeness (QED) is 0.740. The molecule has 1 aliphatic heterocycles. The van der Waals surface area contributed by atoms with Crippen molar-refractivity contribution in [2.45, 2.75) is 13.0 Å². The summed E-state index contributed by atoms with van der Waals surface area (Å²) in [6, 6.07) is 12.9. The molecule has 2 aromatic heterocycles. The second-order valence-electron chi connectivity index (χ2n) is 7.50. The molecule has 7 nitrogen and oxygen atoms in total. The second-order valence-corrected chi connectivity index (χ2v) is 7.50. The standard InChI is InChI=1S/C22H25N5O2/c1-16(23-21(28)19-15-27-10-4-3-5-20(27)24-19)17-6-8-18(9-7-17)22(29)26-13-11-25(2)12-14-26/h3-10,15-16H,11-14H2,1-2H3,(H,23,28). The van der Waals surface area contributed by atoms with Gasteiger partial charge in [-0.05, 0) is 43.8 Å². The summed E-state index contributed by atoms with van der Waals surface area (Å²) in [5.74, 6) is -0.162. The monoisotopic (exact) mass is 391 g/mol. The van der Waals surface area contributed by atoms with Crippen molar-refractivity contribution in [3.63, 3.8) is 0 Å². The molecule has 1 fully saturated rings. The molecule has 7 heteroatoms. The van der Waals surface area contributed by atoms with Gasteiger partial charge in [0.1, 0.15) is 11.3 Å². The summed E-state index contributed by atoms with van der Waals surface area (Å²) < 4.78 is 1.82. The first-order chi connectivity index (χ1) is 14.0. The number of benzene rings is 1. The van der Waals surface area contributed by atoms with Crippen molar-refractivity contribution in [3.05, 3.63) is 71.7 Å². The number of nitrogens with zero attached hydrogens (tertiary/aromatic N) is 4. The minimum Gasteiger partial charge on any atom is -0.344 e. The van der Waals surface area contributed by atoms with Crippen LogP contribution in [0, 0.1) is 0 Å². The highest BCUT2D eigenvalue weighted by atomic mass is 16.2. The van der Waals surface area contributed by atoms with E-state index in [0.717, 1.165) is 37.4 Å². The predicted octanol–water partition coefficient (Wildman–Crippen LogP) is 2.21. The van der Waals surface area contributed by atoms with E-state index >= 15 is 0 Å². The molecule has 1 aliphatic rings. The lowest BCUT2D eigenvalue weighted by molar-refractivity contribution is 0.0664. The van der Waals surface area contributed by atoms with Crippen molar-refractivity contribution in [2.24, 2.45) is 0 Å². The molecular weight excluding hydrogens is 366 g/mol. The van der Waals surface area contributed by atoms with E-state index < -0.39 is 0 Å². The lowest BCUT2D eigenvalue weighted by Crippen LogP contribution is -2.47. The minimum atomic E-state index is -0.223. The summed E-state index contributed by atoms with van der Waals surface area (Å²) in [5, 5.41) is 2.97. The van der Waals surface area contributed by atoms with Crippen LogP contribution in [0.3, 0.4) is 0 Å². The SMILES string of the molecule is CC(NC(=O)c1cn2ccccc2n1)c1ccc(C(=O)N2CCN(C)CC2)cc1. The highest BCUT2D eigenvalue weighted by molar-refractivity contribution is 5.94. The molecule has 0 saturated carbocycles. The number of aromatic nitrogens is 2. The number of amides is 2. The van der Waals surface area contributed by atoms with Crippen LogP contribution in [0.4, 0.5) is 0 Å². The van der Waals surface area contributed by atoms with Gasteiger partial charge in [0.25, 0.3) is 11.8 Å². The molecule has 3 aromatic rings. The normalized spacial score (nSPS) is 16.0. The molecule has 0 spiro atoms. The zero-order valence-corrected chi connectivity index (χ0v) is 16.7. The van der Waals surface area contributed by atoms with Gasteiger partial charge in [0, 0.05) is 44.1 Å². The van der Waals surface area contributed by atoms with Crippen molar-refractivity contribution < 1.29 is 9.59 Å². The number of hydrogen-bond acceptors (Lipinski definition) is 4. The number of pyridine rings is 1. The number of fused-ring (bicyclic) bond motifs is 1. The van der Waals surface area contributed by atoms with Crippen LogP contribution < -0.4 is 5.32 Å². The summed E-state index contributed by atoms with van der Waals surface area (Å²) in [6.45, 7) is 5.22. The highest BCUT2D eigenvalue weighted by Crippen LogP contribution is 2.16. The van der Waals surface area contributed by atoms with Gasteiger partial charge in [0.15, 0.2) is 0 Å². The molecule has 0 radical (unpaired) electrons. The Morgan fingerprint density at radius 2 is 1.76 bits per heavy atom. The Balaban J connectivity index is 1.40. The minimum absolute atomic E-state index is 0.0611. The second kappa shape index (κ2) is 8.05. The molecule has 150 valence electrons. The largest absolute Gasteiger partial charge is 0.344 e. The zero-order valence-electron chi connectivity index (χ0n) is 16.7. The maximum atomic E-state index is 12.7. The Morgan fingerprint density at radius 1 is 1.03 bits per heavy atom. The molecule has 3 heterocycles. The number of hydrogen-bond donors (Lipinski definition) is 1. The van der Waals surface area contributed by atoms with Gasteiger partial charge in [-0.15, -0.1) is 0 Å². The summed E-state index contributed by atoms with van der Waals surface area (Å²) in [4.78, 5) is 33.7. The molecule has 4 rings (SSSR count). The Bertz CT molecular complexity index is 986. The van der Waals surface area contributed by atoms with Crippen LogP contribution in [-0.2, 0) is 0 Å². The number of likely N-dealkylation sites (N-methyl/N-ethyl adjacent to an activating group) is 1. The van der Waals surface area contributed by atoms with E-state index in [2.05, 4.69) is 22.2 Å². The fraction of sp³-hybridized carbons (Fsp3) is 0.318. The average molecular weight is 391 g/mol. The Morgan fingerprint density at radius 3 is 2.45 bits per heavy atom. The fourth-order valence-corrected chi connectivity index (χ4v) is 3.50. The van der Waals surface area contributed by atoms with Gasteiger partial charge in [-0.2, -0.15) is 0 Å². The van der Waals surface area contributed by atoms with E-state index in [9.17, 15) is 9.59 Å². The molecular formula is C22H25N5O2. The van der Waals surface area contributed by atoms with Gasteiger partial charge in [0.2, 0.25) is 0 Å². The van der Waals surface area contributed by atoms with Crippen molar-refractivity contribution in [1.29, 1.82) is 0 Å². The molecule has 1 aromatic carbocycles. The van der Waals surface area contributed by atoms with E-state index in [-0.39, 0.29) is 17.9 Å². The first-order valence-corrected chi connectivity index (χ1v) is 9.83. The summed E-state index contributed by atoms with van der Waals surface area (Å²) >= 11 is 0. The van der Waals surface area contributed by atoms with Crippen molar-refractivity contribution in [3.8, 4) is 0 Å². The molecule has 1 unspecified atom stereocenters. The van der Waals surface area contributed by atoms with Crippen LogP contribution in [0.2, 0.25) is 0 Å². The Labute approximate surface area is 169 Å².